The van der Waals surface area contributed by atoms with E-state index in [2.05, 4.69) is 19.3 Å². The summed E-state index contributed by atoms with van der Waals surface area (Å²) in [4.78, 5) is 18.0. The first-order valence-electron chi connectivity index (χ1n) is 8.60. The monoisotopic (exact) mass is 378 g/mol. The Hall–Kier alpha value is -2.20. The van der Waals surface area contributed by atoms with Gasteiger partial charge >= 0.3 is 0 Å². The molecule has 2 aliphatic heterocycles. The molecule has 2 aromatic heterocycles. The number of carbonyl (C=O) groups excluding carboxylic acids is 1. The number of hydrogen-bond acceptors (Lipinski definition) is 7. The maximum Gasteiger partial charge on any atom is 0.250 e. The number of anilines is 2. The molecule has 2 aromatic rings. The van der Waals surface area contributed by atoms with Crippen LogP contribution in [0.2, 0.25) is 0 Å². The Morgan fingerprint density at radius 2 is 2.19 bits per heavy atom. The fourth-order valence-corrected chi connectivity index (χ4v) is 5.89. The van der Waals surface area contributed by atoms with Crippen molar-refractivity contribution in [1.82, 2.24) is 14.6 Å². The second kappa shape index (κ2) is 6.20. The predicted octanol–water partition coefficient (Wildman–Crippen LogP) is 0.695. The lowest BCUT2D eigenvalue weighted by molar-refractivity contribution is -0.115. The van der Waals surface area contributed by atoms with Gasteiger partial charge in [0.2, 0.25) is 0 Å². The molecule has 0 unspecified atom stereocenters. The molecule has 0 radical (unpaired) electrons. The molecule has 4 rings (SSSR count). The third-order valence-corrected chi connectivity index (χ3v) is 7.22. The van der Waals surface area contributed by atoms with Crippen LogP contribution >= 0.6 is 0 Å². The molecule has 2 N–H and O–H groups in total. The number of nitrogens with two attached hydrogens (primary N) is 1. The quantitative estimate of drug-likeness (QED) is 0.776. The summed E-state index contributed by atoms with van der Waals surface area (Å²) in [5.41, 5.74) is 6.06. The SMILES string of the molecule is CC(=O)N=S1(=O)CCC2(CC1)CN(c1ccn3nc(N)cc3n1)CCO2. The van der Waals surface area contributed by atoms with Gasteiger partial charge in [-0.3, -0.25) is 4.79 Å². The summed E-state index contributed by atoms with van der Waals surface area (Å²) in [6.45, 7) is 3.34. The molecule has 0 saturated carbocycles. The maximum absolute atomic E-state index is 12.7. The third kappa shape index (κ3) is 3.26. The second-order valence-electron chi connectivity index (χ2n) is 6.90. The number of nitrogens with zero attached hydrogens (tertiary/aromatic N) is 5. The summed E-state index contributed by atoms with van der Waals surface area (Å²) in [6, 6.07) is 3.65. The van der Waals surface area contributed by atoms with Crippen molar-refractivity contribution in [2.75, 3.05) is 41.8 Å². The Morgan fingerprint density at radius 1 is 1.42 bits per heavy atom. The topological polar surface area (TPSA) is 115 Å². The number of fused-ring (bicyclic) bond motifs is 1. The van der Waals surface area contributed by atoms with Crippen LogP contribution in [0.4, 0.5) is 11.6 Å². The molecule has 10 heteroatoms. The van der Waals surface area contributed by atoms with Crippen molar-refractivity contribution in [3.8, 4) is 0 Å². The van der Waals surface area contributed by atoms with Gasteiger partial charge in [-0.1, -0.05) is 0 Å². The number of hydrogen-bond donors (Lipinski definition) is 1. The first-order valence-corrected chi connectivity index (χ1v) is 10.5. The van der Waals surface area contributed by atoms with Crippen molar-refractivity contribution in [1.29, 1.82) is 0 Å². The zero-order valence-electron chi connectivity index (χ0n) is 14.6. The molecule has 0 bridgehead atoms. The highest BCUT2D eigenvalue weighted by Crippen LogP contribution is 2.33. The number of nitrogen functional groups attached to an aromatic ring is 1. The molecule has 0 aromatic carbocycles. The largest absolute Gasteiger partial charge is 0.382 e. The Balaban J connectivity index is 1.54. The van der Waals surface area contributed by atoms with E-state index in [0.717, 1.165) is 12.4 Å². The third-order valence-electron chi connectivity index (χ3n) is 4.95. The number of ether oxygens (including phenoxy) is 1. The molecule has 26 heavy (non-hydrogen) atoms. The number of morpholine rings is 1. The van der Waals surface area contributed by atoms with E-state index in [9.17, 15) is 9.00 Å². The van der Waals surface area contributed by atoms with Gasteiger partial charge in [-0.15, -0.1) is 5.10 Å². The lowest BCUT2D eigenvalue weighted by Crippen LogP contribution is -2.55. The van der Waals surface area contributed by atoms with Crippen LogP contribution in [0.3, 0.4) is 0 Å². The van der Waals surface area contributed by atoms with Gasteiger partial charge in [0.25, 0.3) is 5.91 Å². The maximum atomic E-state index is 12.7. The molecule has 0 aliphatic carbocycles. The molecule has 1 amide bonds. The first kappa shape index (κ1) is 17.2. The number of rotatable bonds is 1. The van der Waals surface area contributed by atoms with Gasteiger partial charge < -0.3 is 15.4 Å². The molecule has 9 nitrogen and oxygen atoms in total. The molecule has 4 heterocycles. The summed E-state index contributed by atoms with van der Waals surface area (Å²) in [7, 11) is -2.44. The predicted molar refractivity (Wildman–Crippen MR) is 98.5 cm³/mol. The molecule has 2 aliphatic rings. The minimum atomic E-state index is -2.44. The van der Waals surface area contributed by atoms with Gasteiger partial charge in [0.1, 0.15) is 11.6 Å². The van der Waals surface area contributed by atoms with E-state index in [1.54, 1.807) is 10.6 Å². The van der Waals surface area contributed by atoms with E-state index in [0.29, 0.717) is 49.0 Å². The molecule has 1 spiro atoms. The summed E-state index contributed by atoms with van der Waals surface area (Å²) >= 11 is 0. The van der Waals surface area contributed by atoms with E-state index < -0.39 is 9.73 Å². The Bertz CT molecular complexity index is 964. The van der Waals surface area contributed by atoms with E-state index in [4.69, 9.17) is 10.5 Å². The van der Waals surface area contributed by atoms with Crippen molar-refractivity contribution >= 4 is 32.9 Å². The number of carbonyl (C=O) groups is 1. The van der Waals surface area contributed by atoms with Crippen LogP contribution in [0.25, 0.3) is 5.65 Å². The lowest BCUT2D eigenvalue weighted by atomic mass is 9.94. The standard InChI is InChI=1S/C16H22N6O3S/c1-12(23)20-26(24)8-3-16(4-9-26)11-21(6-7-25-16)14-2-5-22-15(18-14)10-13(17)19-22/h2,5,10H,3-4,6-9,11H2,1H3,(H2,17,19). The first-order chi connectivity index (χ1) is 12.4. The van der Waals surface area contributed by atoms with Gasteiger partial charge in [0.05, 0.1) is 21.9 Å². The summed E-state index contributed by atoms with van der Waals surface area (Å²) in [6.07, 6.45) is 3.09. The lowest BCUT2D eigenvalue weighted by Gasteiger charge is -2.45. The molecule has 0 atom stereocenters. The Kier molecular flexibility index (Phi) is 4.11. The minimum absolute atomic E-state index is 0.363. The number of aromatic nitrogens is 3. The highest BCUT2D eigenvalue weighted by molar-refractivity contribution is 7.93. The van der Waals surface area contributed by atoms with Crippen LogP contribution in [-0.2, 0) is 19.3 Å². The van der Waals surface area contributed by atoms with Crippen molar-refractivity contribution in [2.45, 2.75) is 25.4 Å². The normalized spacial score (nSPS) is 29.2. The molecular weight excluding hydrogens is 356 g/mol. The van der Waals surface area contributed by atoms with E-state index >= 15 is 0 Å². The summed E-state index contributed by atoms with van der Waals surface area (Å²) < 4.78 is 24.2. The van der Waals surface area contributed by atoms with Crippen LogP contribution in [0, 0.1) is 0 Å². The minimum Gasteiger partial charge on any atom is -0.382 e. The number of amides is 1. The molecular formula is C16H22N6O3S. The molecule has 2 fully saturated rings. The van der Waals surface area contributed by atoms with Crippen molar-refractivity contribution in [3.63, 3.8) is 0 Å². The van der Waals surface area contributed by atoms with Crippen molar-refractivity contribution in [3.05, 3.63) is 18.3 Å². The van der Waals surface area contributed by atoms with E-state index in [1.165, 1.54) is 6.92 Å². The van der Waals surface area contributed by atoms with Gasteiger partial charge in [-0.2, -0.15) is 4.36 Å². The summed E-state index contributed by atoms with van der Waals surface area (Å²) in [5.74, 6) is 1.71. The van der Waals surface area contributed by atoms with Gasteiger partial charge in [0, 0.05) is 43.8 Å². The molecule has 2 saturated heterocycles. The smallest absolute Gasteiger partial charge is 0.250 e. The van der Waals surface area contributed by atoms with Crippen LogP contribution < -0.4 is 10.6 Å². The second-order valence-corrected chi connectivity index (χ2v) is 9.45. The summed E-state index contributed by atoms with van der Waals surface area (Å²) in [5, 5.41) is 4.14. The fraction of sp³-hybridized carbons (Fsp3) is 0.562. The Labute approximate surface area is 151 Å². The zero-order valence-corrected chi connectivity index (χ0v) is 15.4. The highest BCUT2D eigenvalue weighted by Gasteiger charge is 2.41. The zero-order chi connectivity index (χ0) is 18.4. The average molecular weight is 378 g/mol. The molecule has 140 valence electrons. The van der Waals surface area contributed by atoms with E-state index in [-0.39, 0.29) is 11.5 Å². The van der Waals surface area contributed by atoms with Gasteiger partial charge in [-0.25, -0.2) is 13.7 Å². The van der Waals surface area contributed by atoms with Crippen LogP contribution in [0.5, 0.6) is 0 Å². The van der Waals surface area contributed by atoms with Crippen molar-refractivity contribution < 1.29 is 13.7 Å². The van der Waals surface area contributed by atoms with Gasteiger partial charge in [-0.05, 0) is 18.9 Å². The van der Waals surface area contributed by atoms with Crippen LogP contribution in [-0.4, -0.2) is 61.5 Å². The van der Waals surface area contributed by atoms with Crippen molar-refractivity contribution in [2.24, 2.45) is 4.36 Å². The average Bonchev–Trinajstić information content (AvgIpc) is 2.97. The fourth-order valence-electron chi connectivity index (χ4n) is 3.65. The highest BCUT2D eigenvalue weighted by atomic mass is 32.2. The van der Waals surface area contributed by atoms with Crippen LogP contribution in [0.15, 0.2) is 22.7 Å². The Morgan fingerprint density at radius 3 is 2.92 bits per heavy atom. The van der Waals surface area contributed by atoms with Gasteiger partial charge in [0.15, 0.2) is 5.65 Å². The van der Waals surface area contributed by atoms with E-state index in [1.807, 2.05) is 12.3 Å². The van der Waals surface area contributed by atoms with Crippen LogP contribution in [0.1, 0.15) is 19.8 Å².